The Bertz CT molecular complexity index is 662. The Labute approximate surface area is 119 Å². The topological polar surface area (TPSA) is 55.1 Å². The van der Waals surface area contributed by atoms with Crippen molar-refractivity contribution in [3.8, 4) is 0 Å². The first kappa shape index (κ1) is 14.3. The maximum Gasteiger partial charge on any atom is 0.248 e. The van der Waals surface area contributed by atoms with E-state index in [9.17, 15) is 13.6 Å². The van der Waals surface area contributed by atoms with E-state index in [-0.39, 0.29) is 17.8 Å². The fourth-order valence-corrected chi connectivity index (χ4v) is 1.92. The lowest BCUT2D eigenvalue weighted by Crippen LogP contribution is -2.11. The molecule has 0 spiro atoms. The van der Waals surface area contributed by atoms with Crippen molar-refractivity contribution in [2.45, 2.75) is 6.54 Å². The molecule has 20 heavy (non-hydrogen) atoms. The lowest BCUT2D eigenvalue weighted by atomic mass is 10.1. The third-order valence-corrected chi connectivity index (χ3v) is 3.11. The van der Waals surface area contributed by atoms with Crippen molar-refractivity contribution in [2.24, 2.45) is 5.73 Å². The normalized spacial score (nSPS) is 10.3. The standard InChI is InChI=1S/C14H11ClF2N2O/c15-10-6-8(14(18)20)4-5-9(10)7-19-12-3-1-2-11(16)13(12)17/h1-6,19H,7H2,(H2,18,20). The van der Waals surface area contributed by atoms with Crippen molar-refractivity contribution in [1.82, 2.24) is 0 Å². The van der Waals surface area contributed by atoms with E-state index >= 15 is 0 Å². The summed E-state index contributed by atoms with van der Waals surface area (Å²) in [5.74, 6) is -2.45. The molecule has 0 atom stereocenters. The van der Waals surface area contributed by atoms with Gasteiger partial charge in [0.2, 0.25) is 5.91 Å². The molecule has 0 bridgehead atoms. The van der Waals surface area contributed by atoms with E-state index in [4.69, 9.17) is 17.3 Å². The second kappa shape index (κ2) is 5.88. The Kier molecular flexibility index (Phi) is 4.20. The molecule has 2 aromatic carbocycles. The third-order valence-electron chi connectivity index (χ3n) is 2.76. The van der Waals surface area contributed by atoms with E-state index in [1.807, 2.05) is 0 Å². The minimum absolute atomic E-state index is 0.0417. The predicted molar refractivity (Wildman–Crippen MR) is 73.7 cm³/mol. The summed E-state index contributed by atoms with van der Waals surface area (Å²) in [5, 5.41) is 3.07. The molecule has 0 unspecified atom stereocenters. The summed E-state index contributed by atoms with van der Waals surface area (Å²) in [6.07, 6.45) is 0. The van der Waals surface area contributed by atoms with Gasteiger partial charge in [0, 0.05) is 17.1 Å². The summed E-state index contributed by atoms with van der Waals surface area (Å²) in [6, 6.07) is 8.42. The molecule has 6 heteroatoms. The highest BCUT2D eigenvalue weighted by Crippen LogP contribution is 2.21. The second-order valence-corrected chi connectivity index (χ2v) is 4.53. The number of hydrogen-bond donors (Lipinski definition) is 2. The van der Waals surface area contributed by atoms with Gasteiger partial charge < -0.3 is 11.1 Å². The largest absolute Gasteiger partial charge is 0.378 e. The summed E-state index contributed by atoms with van der Waals surface area (Å²) in [7, 11) is 0. The van der Waals surface area contributed by atoms with Crippen LogP contribution < -0.4 is 11.1 Å². The summed E-state index contributed by atoms with van der Waals surface area (Å²) >= 11 is 6.00. The highest BCUT2D eigenvalue weighted by Gasteiger charge is 2.09. The second-order valence-electron chi connectivity index (χ2n) is 4.13. The molecule has 104 valence electrons. The molecule has 0 saturated carbocycles. The zero-order valence-electron chi connectivity index (χ0n) is 10.3. The van der Waals surface area contributed by atoms with Crippen LogP contribution in [0.5, 0.6) is 0 Å². The molecule has 0 saturated heterocycles. The molecular weight excluding hydrogens is 286 g/mol. The van der Waals surface area contributed by atoms with Crippen LogP contribution in [0, 0.1) is 11.6 Å². The zero-order valence-corrected chi connectivity index (χ0v) is 11.0. The highest BCUT2D eigenvalue weighted by atomic mass is 35.5. The molecule has 0 heterocycles. The number of benzene rings is 2. The number of nitrogens with one attached hydrogen (secondary N) is 1. The number of carbonyl (C=O) groups excluding carboxylic acids is 1. The first-order chi connectivity index (χ1) is 9.49. The lowest BCUT2D eigenvalue weighted by Gasteiger charge is -2.10. The summed E-state index contributed by atoms with van der Waals surface area (Å²) in [4.78, 5) is 11.0. The number of primary amides is 1. The molecule has 3 N–H and O–H groups in total. The van der Waals surface area contributed by atoms with Gasteiger partial charge in [-0.1, -0.05) is 23.7 Å². The van der Waals surface area contributed by atoms with Crippen molar-refractivity contribution in [2.75, 3.05) is 5.32 Å². The summed E-state index contributed by atoms with van der Waals surface area (Å²) in [5.41, 5.74) is 6.10. The van der Waals surface area contributed by atoms with E-state index in [0.717, 1.165) is 6.07 Å². The Balaban J connectivity index is 2.15. The van der Waals surface area contributed by atoms with E-state index in [0.29, 0.717) is 10.6 Å². The molecule has 0 radical (unpaired) electrons. The van der Waals surface area contributed by atoms with Crippen molar-refractivity contribution < 1.29 is 13.6 Å². The molecule has 0 aliphatic carbocycles. The average molecular weight is 297 g/mol. The Morgan fingerprint density at radius 3 is 2.65 bits per heavy atom. The predicted octanol–water partition coefficient (Wildman–Crippen LogP) is 3.33. The van der Waals surface area contributed by atoms with Gasteiger partial charge in [0.25, 0.3) is 0 Å². The lowest BCUT2D eigenvalue weighted by molar-refractivity contribution is 0.100. The molecular formula is C14H11ClF2N2O. The number of hydrogen-bond acceptors (Lipinski definition) is 2. The van der Waals surface area contributed by atoms with Crippen LogP contribution in [-0.2, 0) is 6.54 Å². The van der Waals surface area contributed by atoms with Crippen molar-refractivity contribution >= 4 is 23.2 Å². The van der Waals surface area contributed by atoms with Gasteiger partial charge in [-0.25, -0.2) is 8.78 Å². The highest BCUT2D eigenvalue weighted by molar-refractivity contribution is 6.31. The van der Waals surface area contributed by atoms with E-state index in [1.165, 1.54) is 24.3 Å². The third kappa shape index (κ3) is 3.05. The van der Waals surface area contributed by atoms with Gasteiger partial charge >= 0.3 is 0 Å². The van der Waals surface area contributed by atoms with E-state index < -0.39 is 17.5 Å². The van der Waals surface area contributed by atoms with Gasteiger partial charge in [0.15, 0.2) is 11.6 Å². The molecule has 2 aromatic rings. The van der Waals surface area contributed by atoms with Gasteiger partial charge in [-0.3, -0.25) is 4.79 Å². The van der Waals surface area contributed by atoms with Crippen molar-refractivity contribution in [3.63, 3.8) is 0 Å². The van der Waals surface area contributed by atoms with Crippen molar-refractivity contribution in [1.29, 1.82) is 0 Å². The minimum atomic E-state index is -0.947. The number of rotatable bonds is 4. The van der Waals surface area contributed by atoms with Crippen LogP contribution >= 0.6 is 11.6 Å². The number of carbonyl (C=O) groups is 1. The molecule has 0 aliphatic rings. The van der Waals surface area contributed by atoms with Crippen LogP contribution in [0.3, 0.4) is 0 Å². The number of halogens is 3. The fourth-order valence-electron chi connectivity index (χ4n) is 1.67. The zero-order chi connectivity index (χ0) is 14.7. The van der Waals surface area contributed by atoms with Gasteiger partial charge in [0.1, 0.15) is 0 Å². The Hall–Kier alpha value is -2.14. The Morgan fingerprint density at radius 2 is 2.00 bits per heavy atom. The van der Waals surface area contributed by atoms with E-state index in [2.05, 4.69) is 5.32 Å². The van der Waals surface area contributed by atoms with Gasteiger partial charge in [-0.2, -0.15) is 0 Å². The Morgan fingerprint density at radius 1 is 1.25 bits per heavy atom. The fraction of sp³-hybridized carbons (Fsp3) is 0.0714. The van der Waals surface area contributed by atoms with Crippen LogP contribution in [0.25, 0.3) is 0 Å². The molecule has 1 amide bonds. The molecule has 0 aromatic heterocycles. The monoisotopic (exact) mass is 296 g/mol. The minimum Gasteiger partial charge on any atom is -0.378 e. The van der Waals surface area contributed by atoms with Crippen LogP contribution in [-0.4, -0.2) is 5.91 Å². The van der Waals surface area contributed by atoms with Gasteiger partial charge in [-0.05, 0) is 29.8 Å². The number of amides is 1. The van der Waals surface area contributed by atoms with Crippen LogP contribution in [0.4, 0.5) is 14.5 Å². The smallest absolute Gasteiger partial charge is 0.248 e. The average Bonchev–Trinajstić information content (AvgIpc) is 2.41. The number of anilines is 1. The first-order valence-electron chi connectivity index (χ1n) is 5.75. The molecule has 0 aliphatic heterocycles. The van der Waals surface area contributed by atoms with Crippen molar-refractivity contribution in [3.05, 3.63) is 64.2 Å². The SMILES string of the molecule is NC(=O)c1ccc(CNc2cccc(F)c2F)c(Cl)c1. The summed E-state index contributed by atoms with van der Waals surface area (Å²) < 4.78 is 26.5. The first-order valence-corrected chi connectivity index (χ1v) is 6.13. The molecule has 0 fully saturated rings. The van der Waals surface area contributed by atoms with Crippen LogP contribution in [0.1, 0.15) is 15.9 Å². The van der Waals surface area contributed by atoms with E-state index in [1.54, 1.807) is 6.07 Å². The molecule has 2 rings (SSSR count). The molecule has 3 nitrogen and oxygen atoms in total. The van der Waals surface area contributed by atoms with Crippen LogP contribution in [0.2, 0.25) is 5.02 Å². The maximum absolute atomic E-state index is 13.4. The van der Waals surface area contributed by atoms with Crippen LogP contribution in [0.15, 0.2) is 36.4 Å². The van der Waals surface area contributed by atoms with Gasteiger partial charge in [-0.15, -0.1) is 0 Å². The summed E-state index contributed by atoms with van der Waals surface area (Å²) in [6.45, 7) is 0.193. The quantitative estimate of drug-likeness (QED) is 0.909. The maximum atomic E-state index is 13.4. The number of nitrogens with two attached hydrogens (primary N) is 1. The van der Waals surface area contributed by atoms with Gasteiger partial charge in [0.05, 0.1) is 5.69 Å².